The summed E-state index contributed by atoms with van der Waals surface area (Å²) < 4.78 is 11.7. The Hall–Kier alpha value is -3.47. The number of fused-ring (bicyclic) bond motifs is 4. The van der Waals surface area contributed by atoms with Crippen LogP contribution in [0.2, 0.25) is 30.2 Å². The van der Waals surface area contributed by atoms with Crippen molar-refractivity contribution in [2.24, 2.45) is 0 Å². The first-order valence-electron chi connectivity index (χ1n) is 17.9. The highest BCUT2D eigenvalue weighted by Crippen LogP contribution is 2.63. The molecule has 0 aliphatic carbocycles. The quantitative estimate of drug-likeness (QED) is 0.0906. The van der Waals surface area contributed by atoms with E-state index in [2.05, 4.69) is 148 Å². The number of furan rings is 2. The number of hydrogen-bond donors (Lipinski definition) is 0. The molecule has 0 spiro atoms. The van der Waals surface area contributed by atoms with E-state index >= 15 is 0 Å². The first-order valence-corrected chi connectivity index (χ1v) is 21.9. The second kappa shape index (κ2) is 11.5. The highest BCUT2D eigenvalue weighted by Gasteiger charge is 2.60. The van der Waals surface area contributed by atoms with Gasteiger partial charge < -0.3 is 8.83 Å². The van der Waals surface area contributed by atoms with E-state index in [4.69, 9.17) is 28.8 Å². The third-order valence-electron chi connectivity index (χ3n) is 11.0. The van der Waals surface area contributed by atoms with E-state index in [0.29, 0.717) is 55.7 Å². The largest absolute Gasteiger partial charge is 0.445 e. The molecule has 6 nitrogen and oxygen atoms in total. The number of hydrogen-bond acceptors (Lipinski definition) is 6. The molecule has 50 heavy (non-hydrogen) atoms. The van der Waals surface area contributed by atoms with Crippen molar-refractivity contribution in [2.75, 3.05) is 0 Å². The van der Waals surface area contributed by atoms with Crippen molar-refractivity contribution in [3.05, 3.63) is 35.8 Å². The van der Waals surface area contributed by atoms with E-state index in [1.807, 2.05) is 12.1 Å². The summed E-state index contributed by atoms with van der Waals surface area (Å²) in [5.41, 5.74) is 14.4. The van der Waals surface area contributed by atoms with E-state index < -0.39 is 16.1 Å². The van der Waals surface area contributed by atoms with Crippen molar-refractivity contribution in [3.8, 4) is 22.9 Å². The highest BCUT2D eigenvalue weighted by atomic mass is 28.3. The SMILES string of the molecule is CC(C)(C)[Si](C#Cc1c2nc3ccoc3nc2c(C#C[Si](C(C)(C)C)(C(C)(C)C)C(C)(C)C)c2nc3ccoc3nc12)(C(C)(C)C)C(C)(C)C. The summed E-state index contributed by atoms with van der Waals surface area (Å²) in [5.74, 6) is 7.54. The Morgan fingerprint density at radius 3 is 0.940 bits per heavy atom. The first kappa shape index (κ1) is 37.8. The van der Waals surface area contributed by atoms with Crippen LogP contribution in [0, 0.1) is 22.9 Å². The van der Waals surface area contributed by atoms with Crippen molar-refractivity contribution < 1.29 is 8.83 Å². The van der Waals surface area contributed by atoms with Gasteiger partial charge in [0.1, 0.15) is 33.1 Å². The molecule has 0 radical (unpaired) electrons. The van der Waals surface area contributed by atoms with Crippen LogP contribution in [0.3, 0.4) is 0 Å². The zero-order chi connectivity index (χ0) is 37.7. The predicted molar refractivity (Wildman–Crippen MR) is 216 cm³/mol. The number of aromatic nitrogens is 4. The minimum Gasteiger partial charge on any atom is -0.445 e. The van der Waals surface area contributed by atoms with Gasteiger partial charge in [-0.05, 0) is 30.2 Å². The molecule has 1 aromatic carbocycles. The van der Waals surface area contributed by atoms with Gasteiger partial charge in [-0.15, -0.1) is 11.1 Å². The minimum atomic E-state index is -2.48. The topological polar surface area (TPSA) is 77.8 Å². The van der Waals surface area contributed by atoms with Gasteiger partial charge in [-0.1, -0.05) is 136 Å². The average Bonchev–Trinajstić information content (AvgIpc) is 3.56. The number of rotatable bonds is 0. The predicted octanol–water partition coefficient (Wildman–Crippen LogP) is 12.5. The van der Waals surface area contributed by atoms with Crippen LogP contribution in [-0.4, -0.2) is 36.1 Å². The van der Waals surface area contributed by atoms with Gasteiger partial charge in [-0.3, -0.25) is 0 Å². The van der Waals surface area contributed by atoms with Gasteiger partial charge in [0.15, 0.2) is 16.1 Å². The van der Waals surface area contributed by atoms with E-state index in [-0.39, 0.29) is 30.2 Å². The molecule has 0 saturated carbocycles. The third kappa shape index (κ3) is 5.62. The average molecular weight is 707 g/mol. The fourth-order valence-electron chi connectivity index (χ4n) is 10.9. The molecule has 0 fully saturated rings. The summed E-state index contributed by atoms with van der Waals surface area (Å²) in [6, 6.07) is 3.70. The molecule has 8 heteroatoms. The maximum atomic E-state index is 5.85. The lowest BCUT2D eigenvalue weighted by Gasteiger charge is -2.55. The molecular weight excluding hydrogens is 649 g/mol. The van der Waals surface area contributed by atoms with Gasteiger partial charge >= 0.3 is 0 Å². The molecule has 5 aromatic rings. The summed E-state index contributed by atoms with van der Waals surface area (Å²) in [6.45, 7) is 42.4. The first-order chi connectivity index (χ1) is 22.6. The Morgan fingerprint density at radius 1 is 0.420 bits per heavy atom. The Labute approximate surface area is 302 Å². The molecule has 0 aliphatic rings. The molecule has 4 heterocycles. The van der Waals surface area contributed by atoms with Gasteiger partial charge in [0.05, 0.1) is 23.7 Å². The molecule has 0 aliphatic heterocycles. The molecule has 0 N–H and O–H groups in total. The van der Waals surface area contributed by atoms with E-state index in [9.17, 15) is 0 Å². The highest BCUT2D eigenvalue weighted by molar-refractivity contribution is 6.95. The van der Waals surface area contributed by atoms with Crippen LogP contribution >= 0.6 is 0 Å². The zero-order valence-corrected chi connectivity index (χ0v) is 35.9. The van der Waals surface area contributed by atoms with Gasteiger partial charge in [-0.2, -0.15) is 0 Å². The number of benzene rings is 1. The standard InChI is InChI=1S/C42H58N4O2Si2/c1-37(2,3)49(38(4,5)6,39(7,8)9)25-21-27-31-34(46-36-29(43-31)19-23-48-36)28(32-33(27)45-35-30(44-32)20-24-47-35)22-26-50(40(10,11)12,41(13,14)15)42(16,17)18/h19-20,23-24H,1-18H3. The Bertz CT molecular complexity index is 1930. The molecule has 0 saturated heterocycles. The van der Waals surface area contributed by atoms with Crippen LogP contribution in [-0.2, 0) is 0 Å². The third-order valence-corrected chi connectivity index (χ3v) is 25.5. The van der Waals surface area contributed by atoms with Crippen molar-refractivity contribution in [1.29, 1.82) is 0 Å². The monoisotopic (exact) mass is 706 g/mol. The maximum Gasteiger partial charge on any atom is 0.245 e. The number of nitrogens with zero attached hydrogens (tertiary/aromatic N) is 4. The molecule has 0 unspecified atom stereocenters. The zero-order valence-electron chi connectivity index (χ0n) is 33.9. The lowest BCUT2D eigenvalue weighted by atomic mass is 10.0. The van der Waals surface area contributed by atoms with Crippen molar-refractivity contribution >= 4 is 60.7 Å². The Morgan fingerprint density at radius 2 is 0.680 bits per heavy atom. The van der Waals surface area contributed by atoms with Gasteiger partial charge in [0.25, 0.3) is 0 Å². The van der Waals surface area contributed by atoms with Crippen molar-refractivity contribution in [3.63, 3.8) is 0 Å². The summed E-state index contributed by atoms with van der Waals surface area (Å²) in [5, 5.41) is -0.180. The van der Waals surface area contributed by atoms with Gasteiger partial charge in [0, 0.05) is 12.1 Å². The summed E-state index contributed by atoms with van der Waals surface area (Å²) in [6.07, 6.45) is 3.27. The molecule has 0 atom stereocenters. The molecular formula is C42H58N4O2Si2. The van der Waals surface area contributed by atoms with Gasteiger partial charge in [0.2, 0.25) is 11.4 Å². The maximum absolute atomic E-state index is 5.85. The summed E-state index contributed by atoms with van der Waals surface area (Å²) in [4.78, 5) is 20.7. The molecule has 0 amide bonds. The lowest BCUT2D eigenvalue weighted by molar-refractivity contribution is 0.548. The molecule has 4 aromatic heterocycles. The van der Waals surface area contributed by atoms with Crippen LogP contribution in [0.4, 0.5) is 0 Å². The smallest absolute Gasteiger partial charge is 0.245 e. The van der Waals surface area contributed by atoms with Crippen LogP contribution in [0.25, 0.3) is 44.5 Å². The fourth-order valence-corrected chi connectivity index (χ4v) is 27.3. The molecule has 0 bridgehead atoms. The Kier molecular flexibility index (Phi) is 8.71. The minimum absolute atomic E-state index is 0.0300. The molecule has 266 valence electrons. The van der Waals surface area contributed by atoms with Crippen LogP contribution in [0.5, 0.6) is 0 Å². The van der Waals surface area contributed by atoms with Gasteiger partial charge in [-0.25, -0.2) is 19.9 Å². The van der Waals surface area contributed by atoms with Crippen molar-refractivity contribution in [2.45, 2.75) is 155 Å². The molecule has 5 rings (SSSR count). The lowest BCUT2D eigenvalue weighted by Crippen LogP contribution is -2.57. The van der Waals surface area contributed by atoms with Crippen molar-refractivity contribution in [1.82, 2.24) is 19.9 Å². The van der Waals surface area contributed by atoms with E-state index in [0.717, 1.165) is 0 Å². The second-order valence-electron chi connectivity index (χ2n) is 20.3. The Balaban J connectivity index is 2.06. The van der Waals surface area contributed by atoms with Crippen LogP contribution < -0.4 is 0 Å². The van der Waals surface area contributed by atoms with Crippen LogP contribution in [0.15, 0.2) is 33.5 Å². The summed E-state index contributed by atoms with van der Waals surface area (Å²) in [7, 11) is -4.96. The summed E-state index contributed by atoms with van der Waals surface area (Å²) >= 11 is 0. The normalized spacial score (nSPS) is 14.3. The van der Waals surface area contributed by atoms with Crippen LogP contribution in [0.1, 0.15) is 136 Å². The van der Waals surface area contributed by atoms with E-state index in [1.54, 1.807) is 12.5 Å². The second-order valence-corrected chi connectivity index (χ2v) is 32.8. The fraction of sp³-hybridized carbons (Fsp3) is 0.571. The van der Waals surface area contributed by atoms with E-state index in [1.165, 1.54) is 0 Å².